The highest BCUT2D eigenvalue weighted by molar-refractivity contribution is 9.10. The summed E-state index contributed by atoms with van der Waals surface area (Å²) in [7, 11) is -3.61. The van der Waals surface area contributed by atoms with Crippen LogP contribution in [0.5, 0.6) is 0 Å². The molecule has 8 nitrogen and oxygen atoms in total. The van der Waals surface area contributed by atoms with Crippen molar-refractivity contribution in [2.24, 2.45) is 0 Å². The van der Waals surface area contributed by atoms with Crippen LogP contribution in [-0.2, 0) is 21.4 Å². The molecule has 1 fully saturated rings. The lowest BCUT2D eigenvalue weighted by atomic mass is 10.3. The van der Waals surface area contributed by atoms with Crippen LogP contribution in [0.25, 0.3) is 11.0 Å². The maximum atomic E-state index is 12.8. The van der Waals surface area contributed by atoms with Crippen molar-refractivity contribution in [3.8, 4) is 0 Å². The molecule has 0 atom stereocenters. The minimum absolute atomic E-state index is 0.0821. The van der Waals surface area contributed by atoms with Gasteiger partial charge in [0.15, 0.2) is 0 Å². The Bertz CT molecular complexity index is 1230. The van der Waals surface area contributed by atoms with Gasteiger partial charge < -0.3 is 9.88 Å². The lowest BCUT2D eigenvalue weighted by Crippen LogP contribution is -2.51. The maximum Gasteiger partial charge on any atom is 0.326 e. The lowest BCUT2D eigenvalue weighted by molar-refractivity contribution is -0.133. The fourth-order valence-electron chi connectivity index (χ4n) is 3.45. The zero-order valence-electron chi connectivity index (χ0n) is 15.4. The molecule has 1 aliphatic heterocycles. The Morgan fingerprint density at radius 2 is 1.76 bits per heavy atom. The summed E-state index contributed by atoms with van der Waals surface area (Å²) >= 11 is 3.29. The average molecular weight is 479 g/mol. The van der Waals surface area contributed by atoms with Crippen LogP contribution in [-0.4, -0.2) is 59.3 Å². The molecule has 152 valence electrons. The van der Waals surface area contributed by atoms with Crippen LogP contribution >= 0.6 is 15.9 Å². The standard InChI is InChI=1S/C19H19BrN4O4S/c20-14-4-3-5-15(12-14)29(27,28)23-10-8-22(9-11-23)18(25)13-24-17-7-2-1-6-16(17)21-19(24)26/h1-7,12H,8-11,13H2,(H,21,26). The van der Waals surface area contributed by atoms with Gasteiger partial charge in [0, 0.05) is 30.7 Å². The Morgan fingerprint density at radius 3 is 2.48 bits per heavy atom. The summed E-state index contributed by atoms with van der Waals surface area (Å²) in [6.07, 6.45) is 0. The summed E-state index contributed by atoms with van der Waals surface area (Å²) in [5, 5.41) is 0. The van der Waals surface area contributed by atoms with Gasteiger partial charge in [0.1, 0.15) is 6.54 Å². The number of carbonyl (C=O) groups excluding carboxylic acids is 1. The van der Waals surface area contributed by atoms with E-state index in [1.54, 1.807) is 41.3 Å². The van der Waals surface area contributed by atoms with Gasteiger partial charge in [-0.3, -0.25) is 9.36 Å². The number of nitrogens with one attached hydrogen (secondary N) is 1. The number of hydrogen-bond donors (Lipinski definition) is 1. The van der Waals surface area contributed by atoms with E-state index in [9.17, 15) is 18.0 Å². The molecule has 3 aromatic rings. The zero-order valence-corrected chi connectivity index (χ0v) is 17.8. The van der Waals surface area contributed by atoms with Crippen molar-refractivity contribution in [1.29, 1.82) is 0 Å². The van der Waals surface area contributed by atoms with Crippen molar-refractivity contribution in [2.45, 2.75) is 11.4 Å². The van der Waals surface area contributed by atoms with E-state index in [0.717, 1.165) is 0 Å². The van der Waals surface area contributed by atoms with Crippen LogP contribution in [0.1, 0.15) is 0 Å². The van der Waals surface area contributed by atoms with E-state index >= 15 is 0 Å². The molecule has 0 unspecified atom stereocenters. The number of rotatable bonds is 4. The minimum atomic E-state index is -3.61. The van der Waals surface area contributed by atoms with Gasteiger partial charge in [-0.15, -0.1) is 0 Å². The number of fused-ring (bicyclic) bond motifs is 1. The van der Waals surface area contributed by atoms with Crippen LogP contribution in [0.2, 0.25) is 0 Å². The van der Waals surface area contributed by atoms with E-state index in [0.29, 0.717) is 15.5 Å². The summed E-state index contributed by atoms with van der Waals surface area (Å²) in [5.74, 6) is -0.212. The lowest BCUT2D eigenvalue weighted by Gasteiger charge is -2.34. The Labute approximate surface area is 175 Å². The molecule has 1 aromatic heterocycles. The predicted molar refractivity (Wildman–Crippen MR) is 112 cm³/mol. The van der Waals surface area contributed by atoms with Gasteiger partial charge in [-0.1, -0.05) is 34.1 Å². The molecular weight excluding hydrogens is 460 g/mol. The van der Waals surface area contributed by atoms with Gasteiger partial charge in [-0.2, -0.15) is 4.31 Å². The number of nitrogens with zero attached hydrogens (tertiary/aromatic N) is 3. The van der Waals surface area contributed by atoms with Gasteiger partial charge in [0.05, 0.1) is 15.9 Å². The third-order valence-electron chi connectivity index (χ3n) is 5.00. The molecule has 1 amide bonds. The number of halogens is 1. The Kier molecular flexibility index (Phi) is 5.32. The monoisotopic (exact) mass is 478 g/mol. The number of amides is 1. The number of carbonyl (C=O) groups is 1. The van der Waals surface area contributed by atoms with Crippen LogP contribution in [0.4, 0.5) is 0 Å². The van der Waals surface area contributed by atoms with E-state index in [2.05, 4.69) is 20.9 Å². The van der Waals surface area contributed by atoms with Crippen LogP contribution in [0.3, 0.4) is 0 Å². The number of piperazine rings is 1. The van der Waals surface area contributed by atoms with Gasteiger partial charge in [-0.05, 0) is 30.3 Å². The number of sulfonamides is 1. The number of aromatic amines is 1. The molecule has 1 aliphatic rings. The van der Waals surface area contributed by atoms with Gasteiger partial charge >= 0.3 is 5.69 Å². The molecule has 1 N–H and O–H groups in total. The quantitative estimate of drug-likeness (QED) is 0.616. The van der Waals surface area contributed by atoms with Crippen molar-refractivity contribution in [2.75, 3.05) is 26.2 Å². The Hall–Kier alpha value is -2.43. The van der Waals surface area contributed by atoms with E-state index in [1.165, 1.54) is 8.87 Å². The highest BCUT2D eigenvalue weighted by atomic mass is 79.9. The fourth-order valence-corrected chi connectivity index (χ4v) is 5.47. The molecular formula is C19H19BrN4O4S. The number of aromatic nitrogens is 2. The number of imidazole rings is 1. The summed E-state index contributed by atoms with van der Waals surface area (Å²) < 4.78 is 29.1. The number of benzene rings is 2. The summed E-state index contributed by atoms with van der Waals surface area (Å²) in [4.78, 5) is 29.4. The van der Waals surface area contributed by atoms with Crippen molar-refractivity contribution in [3.05, 3.63) is 63.5 Å². The average Bonchev–Trinajstić information content (AvgIpc) is 3.03. The van der Waals surface area contributed by atoms with Gasteiger partial charge in [-0.25, -0.2) is 13.2 Å². The third kappa shape index (κ3) is 3.87. The Balaban J connectivity index is 1.45. The molecule has 2 aromatic carbocycles. The van der Waals surface area contributed by atoms with Crippen molar-refractivity contribution >= 4 is 42.9 Å². The first-order valence-electron chi connectivity index (χ1n) is 9.07. The molecule has 0 radical (unpaired) electrons. The zero-order chi connectivity index (χ0) is 20.6. The first-order valence-corrected chi connectivity index (χ1v) is 11.3. The molecule has 1 saturated heterocycles. The molecule has 0 saturated carbocycles. The highest BCUT2D eigenvalue weighted by Crippen LogP contribution is 2.21. The van der Waals surface area contributed by atoms with Gasteiger partial charge in [0.2, 0.25) is 15.9 Å². The van der Waals surface area contributed by atoms with Crippen molar-refractivity contribution < 1.29 is 13.2 Å². The molecule has 4 rings (SSSR count). The van der Waals surface area contributed by atoms with E-state index in [4.69, 9.17) is 0 Å². The SMILES string of the molecule is O=C(Cn1c(=O)[nH]c2ccccc21)N1CCN(S(=O)(=O)c2cccc(Br)c2)CC1. The molecule has 10 heteroatoms. The van der Waals surface area contributed by atoms with Crippen LogP contribution in [0.15, 0.2) is 62.7 Å². The molecule has 0 spiro atoms. The second-order valence-electron chi connectivity index (χ2n) is 6.78. The van der Waals surface area contributed by atoms with Crippen molar-refractivity contribution in [1.82, 2.24) is 18.8 Å². The predicted octanol–water partition coefficient (Wildman–Crippen LogP) is 1.63. The summed E-state index contributed by atoms with van der Waals surface area (Å²) in [5.41, 5.74) is 1.01. The molecule has 2 heterocycles. The van der Waals surface area contributed by atoms with Crippen LogP contribution in [0, 0.1) is 0 Å². The molecule has 29 heavy (non-hydrogen) atoms. The largest absolute Gasteiger partial charge is 0.338 e. The number of H-pyrrole nitrogens is 1. The van der Waals surface area contributed by atoms with Crippen molar-refractivity contribution in [3.63, 3.8) is 0 Å². The second kappa shape index (κ2) is 7.77. The van der Waals surface area contributed by atoms with Crippen LogP contribution < -0.4 is 5.69 Å². The normalized spacial score (nSPS) is 15.7. The minimum Gasteiger partial charge on any atom is -0.338 e. The third-order valence-corrected chi connectivity index (χ3v) is 7.39. The second-order valence-corrected chi connectivity index (χ2v) is 9.63. The molecule has 0 aliphatic carbocycles. The highest BCUT2D eigenvalue weighted by Gasteiger charge is 2.30. The topological polar surface area (TPSA) is 95.5 Å². The molecule has 0 bridgehead atoms. The van der Waals surface area contributed by atoms with E-state index in [1.807, 2.05) is 12.1 Å². The number of hydrogen-bond acceptors (Lipinski definition) is 4. The first kappa shape index (κ1) is 19.9. The van der Waals surface area contributed by atoms with E-state index in [-0.39, 0.29) is 49.2 Å². The maximum absolute atomic E-state index is 12.8. The summed E-state index contributed by atoms with van der Waals surface area (Å²) in [6.45, 7) is 0.903. The first-order chi connectivity index (χ1) is 13.9. The Morgan fingerprint density at radius 1 is 1.03 bits per heavy atom. The summed E-state index contributed by atoms with van der Waals surface area (Å²) in [6, 6.07) is 13.7. The number of para-hydroxylation sites is 2. The smallest absolute Gasteiger partial charge is 0.326 e. The van der Waals surface area contributed by atoms with E-state index < -0.39 is 10.0 Å². The van der Waals surface area contributed by atoms with Gasteiger partial charge in [0.25, 0.3) is 0 Å². The fraction of sp³-hybridized carbons (Fsp3) is 0.263.